The number of nitrogens with zero attached hydrogens (tertiary/aromatic N) is 1. The van der Waals surface area contributed by atoms with Crippen LogP contribution in [0.3, 0.4) is 0 Å². The van der Waals surface area contributed by atoms with Gasteiger partial charge in [-0.1, -0.05) is 12.1 Å². The summed E-state index contributed by atoms with van der Waals surface area (Å²) in [7, 11) is 0. The Hall–Kier alpha value is -1.87. The Morgan fingerprint density at radius 1 is 1.14 bits per heavy atom. The maximum absolute atomic E-state index is 5.91. The Kier molecular flexibility index (Phi) is 3.93. The molecule has 1 aromatic heterocycles. The summed E-state index contributed by atoms with van der Waals surface area (Å²) in [5.41, 5.74) is 3.91. The van der Waals surface area contributed by atoms with E-state index >= 15 is 0 Å². The van der Waals surface area contributed by atoms with Crippen LogP contribution in [0, 0.1) is 0 Å². The highest BCUT2D eigenvalue weighted by Crippen LogP contribution is 2.35. The molecule has 0 atom stereocenters. The summed E-state index contributed by atoms with van der Waals surface area (Å²) in [6, 6.07) is 10.7. The van der Waals surface area contributed by atoms with Gasteiger partial charge in [-0.15, -0.1) is 0 Å². The van der Waals surface area contributed by atoms with E-state index in [4.69, 9.17) is 4.74 Å². The number of nitrogens with one attached hydrogen (secondary N) is 1. The van der Waals surface area contributed by atoms with Crippen LogP contribution < -0.4 is 10.1 Å². The van der Waals surface area contributed by atoms with Crippen LogP contribution >= 0.6 is 0 Å². The second-order valence-electron chi connectivity index (χ2n) is 6.26. The molecule has 21 heavy (non-hydrogen) atoms. The summed E-state index contributed by atoms with van der Waals surface area (Å²) in [4.78, 5) is 4.03. The van der Waals surface area contributed by atoms with Crippen LogP contribution in [0.2, 0.25) is 0 Å². The number of fused-ring (bicyclic) bond motifs is 1. The van der Waals surface area contributed by atoms with Crippen LogP contribution in [0.15, 0.2) is 42.7 Å². The van der Waals surface area contributed by atoms with Crippen molar-refractivity contribution in [1.82, 2.24) is 10.3 Å². The SMILES string of the molecule is CC1(C)Cc2cc(CNCCc3ccncc3)ccc2O1. The van der Waals surface area contributed by atoms with E-state index in [1.807, 2.05) is 12.4 Å². The van der Waals surface area contributed by atoms with Crippen LogP contribution in [-0.4, -0.2) is 17.1 Å². The molecule has 3 nitrogen and oxygen atoms in total. The zero-order valence-corrected chi connectivity index (χ0v) is 12.7. The van der Waals surface area contributed by atoms with E-state index in [0.717, 1.165) is 31.7 Å². The molecule has 2 aromatic rings. The number of hydrogen-bond donors (Lipinski definition) is 1. The molecule has 0 fully saturated rings. The van der Waals surface area contributed by atoms with Gasteiger partial charge in [-0.3, -0.25) is 4.98 Å². The molecule has 0 spiro atoms. The molecular weight excluding hydrogens is 260 g/mol. The molecule has 0 unspecified atom stereocenters. The van der Waals surface area contributed by atoms with Crippen molar-refractivity contribution in [3.63, 3.8) is 0 Å². The lowest BCUT2D eigenvalue weighted by atomic mass is 10.0. The first-order valence-corrected chi connectivity index (χ1v) is 7.53. The minimum absolute atomic E-state index is 0.0598. The highest BCUT2D eigenvalue weighted by atomic mass is 16.5. The lowest BCUT2D eigenvalue weighted by Crippen LogP contribution is -2.24. The average molecular weight is 282 g/mol. The van der Waals surface area contributed by atoms with Crippen LogP contribution in [0.4, 0.5) is 0 Å². The molecule has 1 N–H and O–H groups in total. The van der Waals surface area contributed by atoms with E-state index in [1.165, 1.54) is 16.7 Å². The third-order valence-electron chi connectivity index (χ3n) is 3.80. The van der Waals surface area contributed by atoms with Crippen molar-refractivity contribution in [2.24, 2.45) is 0 Å². The molecule has 1 aliphatic rings. The van der Waals surface area contributed by atoms with Gasteiger partial charge in [0.2, 0.25) is 0 Å². The highest BCUT2D eigenvalue weighted by molar-refractivity contribution is 5.41. The monoisotopic (exact) mass is 282 g/mol. The van der Waals surface area contributed by atoms with Gasteiger partial charge in [0.05, 0.1) is 0 Å². The molecule has 1 aromatic carbocycles. The normalized spacial score (nSPS) is 15.5. The highest BCUT2D eigenvalue weighted by Gasteiger charge is 2.29. The third kappa shape index (κ3) is 3.61. The summed E-state index contributed by atoms with van der Waals surface area (Å²) < 4.78 is 5.91. The van der Waals surface area contributed by atoms with Gasteiger partial charge in [0, 0.05) is 25.4 Å². The molecule has 0 amide bonds. The van der Waals surface area contributed by atoms with Crippen molar-refractivity contribution in [1.29, 1.82) is 0 Å². The first-order chi connectivity index (χ1) is 10.1. The molecule has 0 saturated heterocycles. The lowest BCUT2D eigenvalue weighted by molar-refractivity contribution is 0.138. The van der Waals surface area contributed by atoms with E-state index in [-0.39, 0.29) is 5.60 Å². The maximum atomic E-state index is 5.91. The van der Waals surface area contributed by atoms with Crippen LogP contribution in [-0.2, 0) is 19.4 Å². The smallest absolute Gasteiger partial charge is 0.123 e. The molecule has 1 aliphatic heterocycles. The fourth-order valence-electron chi connectivity index (χ4n) is 2.79. The molecule has 0 radical (unpaired) electrons. The van der Waals surface area contributed by atoms with Crippen molar-refractivity contribution < 1.29 is 4.74 Å². The van der Waals surface area contributed by atoms with Crippen molar-refractivity contribution in [3.8, 4) is 5.75 Å². The zero-order chi connectivity index (χ0) is 14.7. The lowest BCUT2D eigenvalue weighted by Gasteiger charge is -2.16. The van der Waals surface area contributed by atoms with Crippen molar-refractivity contribution in [2.75, 3.05) is 6.54 Å². The first-order valence-electron chi connectivity index (χ1n) is 7.53. The van der Waals surface area contributed by atoms with Gasteiger partial charge in [-0.25, -0.2) is 0 Å². The molecule has 0 bridgehead atoms. The quantitative estimate of drug-likeness (QED) is 0.856. The van der Waals surface area contributed by atoms with Crippen molar-refractivity contribution in [2.45, 2.75) is 38.8 Å². The standard InChI is InChI=1S/C18H22N2O/c1-18(2)12-16-11-15(3-4-17(16)21-18)13-20-10-7-14-5-8-19-9-6-14/h3-6,8-9,11,20H,7,10,12-13H2,1-2H3. The van der Waals surface area contributed by atoms with Crippen LogP contribution in [0.25, 0.3) is 0 Å². The zero-order valence-electron chi connectivity index (χ0n) is 12.7. The number of benzene rings is 1. The van der Waals surface area contributed by atoms with Gasteiger partial charge in [-0.05, 0) is 61.7 Å². The number of hydrogen-bond acceptors (Lipinski definition) is 3. The average Bonchev–Trinajstić information content (AvgIpc) is 2.78. The Bertz CT molecular complexity index is 608. The molecule has 110 valence electrons. The largest absolute Gasteiger partial charge is 0.487 e. The van der Waals surface area contributed by atoms with E-state index in [9.17, 15) is 0 Å². The van der Waals surface area contributed by atoms with Gasteiger partial charge in [0.25, 0.3) is 0 Å². The summed E-state index contributed by atoms with van der Waals surface area (Å²) in [6.07, 6.45) is 5.71. The molecular formula is C18H22N2O. The Balaban J connectivity index is 1.51. The topological polar surface area (TPSA) is 34.2 Å². The molecule has 3 rings (SSSR count). The summed E-state index contributed by atoms with van der Waals surface area (Å²) in [5.74, 6) is 1.04. The molecule has 3 heteroatoms. The van der Waals surface area contributed by atoms with E-state index in [0.29, 0.717) is 0 Å². The first kappa shape index (κ1) is 14.1. The van der Waals surface area contributed by atoms with Crippen molar-refractivity contribution >= 4 is 0 Å². The minimum atomic E-state index is -0.0598. The summed E-state index contributed by atoms with van der Waals surface area (Å²) in [5, 5.41) is 3.50. The fourth-order valence-corrected chi connectivity index (χ4v) is 2.79. The van der Waals surface area contributed by atoms with Gasteiger partial charge in [0.15, 0.2) is 0 Å². The maximum Gasteiger partial charge on any atom is 0.123 e. The van der Waals surface area contributed by atoms with Crippen LogP contribution in [0.1, 0.15) is 30.5 Å². The molecule has 2 heterocycles. The summed E-state index contributed by atoms with van der Waals surface area (Å²) >= 11 is 0. The van der Waals surface area contributed by atoms with Crippen LogP contribution in [0.5, 0.6) is 5.75 Å². The van der Waals surface area contributed by atoms with Gasteiger partial charge in [-0.2, -0.15) is 0 Å². The van der Waals surface area contributed by atoms with Gasteiger partial charge in [0.1, 0.15) is 11.4 Å². The fraction of sp³-hybridized carbons (Fsp3) is 0.389. The third-order valence-corrected chi connectivity index (χ3v) is 3.80. The Morgan fingerprint density at radius 2 is 1.95 bits per heavy atom. The number of aromatic nitrogens is 1. The second-order valence-corrected chi connectivity index (χ2v) is 6.26. The van der Waals surface area contributed by atoms with Gasteiger partial charge < -0.3 is 10.1 Å². The van der Waals surface area contributed by atoms with Gasteiger partial charge >= 0.3 is 0 Å². The number of rotatable bonds is 5. The predicted molar refractivity (Wildman–Crippen MR) is 84.5 cm³/mol. The Morgan fingerprint density at radius 3 is 2.76 bits per heavy atom. The van der Waals surface area contributed by atoms with E-state index in [1.54, 1.807) is 0 Å². The summed E-state index contributed by atoms with van der Waals surface area (Å²) in [6.45, 7) is 6.15. The van der Waals surface area contributed by atoms with E-state index in [2.05, 4.69) is 54.5 Å². The minimum Gasteiger partial charge on any atom is -0.487 e. The second kappa shape index (κ2) is 5.86. The molecule has 0 aliphatic carbocycles. The number of pyridine rings is 1. The predicted octanol–water partition coefficient (Wildman–Crippen LogP) is 3.13. The Labute approximate surface area is 126 Å². The van der Waals surface area contributed by atoms with Crippen molar-refractivity contribution in [3.05, 3.63) is 59.4 Å². The number of ether oxygens (including phenoxy) is 1. The van der Waals surface area contributed by atoms with E-state index < -0.39 is 0 Å². The molecule has 0 saturated carbocycles.